The molecule has 0 radical (unpaired) electrons. The minimum Gasteiger partial charge on any atom is -0.506 e. The summed E-state index contributed by atoms with van der Waals surface area (Å²) < 4.78 is 5.54. The highest BCUT2D eigenvalue weighted by molar-refractivity contribution is 5.96. The van der Waals surface area contributed by atoms with E-state index in [2.05, 4.69) is 12.2 Å². The zero-order valence-corrected chi connectivity index (χ0v) is 16.9. The molecule has 154 valence electrons. The van der Waals surface area contributed by atoms with Gasteiger partial charge in [0, 0.05) is 18.5 Å². The number of piperidine rings is 1. The van der Waals surface area contributed by atoms with Crippen molar-refractivity contribution in [3.05, 3.63) is 54.1 Å². The quantitative estimate of drug-likeness (QED) is 0.690. The first-order chi connectivity index (χ1) is 14.1. The van der Waals surface area contributed by atoms with Crippen LogP contribution in [-0.4, -0.2) is 35.5 Å². The summed E-state index contributed by atoms with van der Waals surface area (Å²) in [5, 5.41) is 12.9. The molecule has 2 N–H and O–H groups in total. The monoisotopic (exact) mass is 396 g/mol. The lowest BCUT2D eigenvalue weighted by Crippen LogP contribution is -2.47. The van der Waals surface area contributed by atoms with Gasteiger partial charge in [-0.15, -0.1) is 0 Å². The Kier molecular flexibility index (Phi) is 6.75. The van der Waals surface area contributed by atoms with Gasteiger partial charge in [-0.05, 0) is 31.0 Å². The zero-order valence-electron chi connectivity index (χ0n) is 16.9. The Labute approximate surface area is 171 Å². The summed E-state index contributed by atoms with van der Waals surface area (Å²) >= 11 is 0. The minimum atomic E-state index is -0.444. The molecule has 1 saturated heterocycles. The molecular formula is C23H28N2O4. The van der Waals surface area contributed by atoms with Crippen LogP contribution >= 0.6 is 0 Å². The Bertz CT molecular complexity index is 867. The molecule has 1 aliphatic heterocycles. The Balaban J connectivity index is 1.97. The van der Waals surface area contributed by atoms with Crippen molar-refractivity contribution < 1.29 is 19.4 Å². The molecule has 0 aromatic heterocycles. The van der Waals surface area contributed by atoms with Crippen LogP contribution in [0, 0.1) is 5.92 Å². The van der Waals surface area contributed by atoms with Gasteiger partial charge in [-0.1, -0.05) is 43.7 Å². The number of methoxy groups -OCH3 is 1. The number of anilines is 1. The molecule has 6 heteroatoms. The van der Waals surface area contributed by atoms with E-state index in [4.69, 9.17) is 4.74 Å². The largest absolute Gasteiger partial charge is 0.506 e. The first-order valence-corrected chi connectivity index (χ1v) is 10.1. The lowest BCUT2D eigenvalue weighted by Gasteiger charge is -2.41. The number of nitrogens with one attached hydrogen (secondary N) is 1. The molecule has 6 nitrogen and oxygen atoms in total. The van der Waals surface area contributed by atoms with Crippen LogP contribution in [0.15, 0.2) is 48.5 Å². The van der Waals surface area contributed by atoms with Gasteiger partial charge >= 0.3 is 0 Å². The third-order valence-electron chi connectivity index (χ3n) is 5.42. The van der Waals surface area contributed by atoms with Crippen molar-refractivity contribution in [2.24, 2.45) is 5.92 Å². The number of phenolic OH excluding ortho intramolecular Hbond substituents is 1. The Morgan fingerprint density at radius 3 is 2.66 bits per heavy atom. The second kappa shape index (κ2) is 9.45. The molecule has 0 aliphatic carbocycles. The summed E-state index contributed by atoms with van der Waals surface area (Å²) in [6.45, 7) is 2.67. The van der Waals surface area contributed by atoms with Crippen LogP contribution in [0.3, 0.4) is 0 Å². The number of benzene rings is 2. The lowest BCUT2D eigenvalue weighted by atomic mass is 9.83. The normalized spacial score (nSPS) is 19.1. The van der Waals surface area contributed by atoms with Crippen molar-refractivity contribution in [3.63, 3.8) is 0 Å². The summed E-state index contributed by atoms with van der Waals surface area (Å²) in [6.07, 6.45) is 2.60. The summed E-state index contributed by atoms with van der Waals surface area (Å²) in [5.74, 6) is 0.0799. The molecule has 1 aliphatic rings. The van der Waals surface area contributed by atoms with Gasteiger partial charge in [0.05, 0.1) is 24.8 Å². The molecule has 0 saturated carbocycles. The third-order valence-corrected chi connectivity index (χ3v) is 5.42. The van der Waals surface area contributed by atoms with Gasteiger partial charge in [0.15, 0.2) is 0 Å². The predicted molar refractivity (Wildman–Crippen MR) is 112 cm³/mol. The summed E-state index contributed by atoms with van der Waals surface area (Å²) in [4.78, 5) is 27.8. The number of unbranched alkanes of at least 4 members (excludes halogenated alkanes) is 1. The number of aromatic hydroxyl groups is 1. The van der Waals surface area contributed by atoms with Crippen molar-refractivity contribution in [2.75, 3.05) is 19.0 Å². The van der Waals surface area contributed by atoms with Gasteiger partial charge in [-0.25, -0.2) is 0 Å². The Morgan fingerprint density at radius 2 is 1.93 bits per heavy atom. The second-order valence-electron chi connectivity index (χ2n) is 7.28. The average molecular weight is 396 g/mol. The molecule has 0 bridgehead atoms. The van der Waals surface area contributed by atoms with Gasteiger partial charge in [-0.3, -0.25) is 9.59 Å². The molecule has 2 amide bonds. The highest BCUT2D eigenvalue weighted by Crippen LogP contribution is 2.41. The predicted octanol–water partition coefficient (Wildman–Crippen LogP) is 4.12. The standard InChI is InChI=1S/C23H28N2O4/c1-3-4-15-25-21(27)14-13-17(22(25)16-9-5-8-12-20(16)29-2)23(28)24-18-10-6-7-11-19(18)26/h5-12,17,22,26H,3-4,13-15H2,1-2H3,(H,24,28)/t17-,22-/m0/s1. The number of rotatable bonds is 7. The summed E-state index contributed by atoms with van der Waals surface area (Å²) in [5.41, 5.74) is 1.20. The van der Waals surface area contributed by atoms with Crippen molar-refractivity contribution in [2.45, 2.75) is 38.6 Å². The van der Waals surface area contributed by atoms with Crippen LogP contribution in [-0.2, 0) is 9.59 Å². The van der Waals surface area contributed by atoms with Gasteiger partial charge in [-0.2, -0.15) is 0 Å². The van der Waals surface area contributed by atoms with Crippen molar-refractivity contribution in [1.82, 2.24) is 4.90 Å². The molecule has 1 fully saturated rings. The first kappa shape index (κ1) is 20.7. The number of ether oxygens (including phenoxy) is 1. The van der Waals surface area contributed by atoms with Crippen molar-refractivity contribution in [1.29, 1.82) is 0 Å². The fraction of sp³-hybridized carbons (Fsp3) is 0.391. The SMILES string of the molecule is CCCCN1C(=O)CC[C@H](C(=O)Nc2ccccc2O)[C@@H]1c1ccccc1OC. The van der Waals surface area contributed by atoms with E-state index in [1.165, 1.54) is 6.07 Å². The number of hydrogen-bond donors (Lipinski definition) is 2. The number of likely N-dealkylation sites (tertiary alicyclic amines) is 1. The fourth-order valence-corrected chi connectivity index (χ4v) is 3.92. The number of para-hydroxylation sites is 3. The van der Waals surface area contributed by atoms with E-state index in [-0.39, 0.29) is 17.6 Å². The molecule has 1 heterocycles. The van der Waals surface area contributed by atoms with E-state index in [1.54, 1.807) is 25.3 Å². The van der Waals surface area contributed by atoms with Gasteiger partial charge in [0.1, 0.15) is 11.5 Å². The summed E-state index contributed by atoms with van der Waals surface area (Å²) in [7, 11) is 1.59. The number of nitrogens with zero attached hydrogens (tertiary/aromatic N) is 1. The molecular weight excluding hydrogens is 368 g/mol. The number of hydrogen-bond acceptors (Lipinski definition) is 4. The molecule has 29 heavy (non-hydrogen) atoms. The number of amides is 2. The summed E-state index contributed by atoms with van der Waals surface area (Å²) in [6, 6.07) is 13.8. The molecule has 0 spiro atoms. The van der Waals surface area contributed by atoms with Gasteiger partial charge in [0.2, 0.25) is 11.8 Å². The van der Waals surface area contributed by atoms with Crippen molar-refractivity contribution >= 4 is 17.5 Å². The maximum absolute atomic E-state index is 13.2. The van der Waals surface area contributed by atoms with E-state index in [0.29, 0.717) is 30.8 Å². The van der Waals surface area contributed by atoms with Crippen LogP contribution < -0.4 is 10.1 Å². The number of carbonyl (C=O) groups is 2. The van der Waals surface area contributed by atoms with Crippen LogP contribution in [0.4, 0.5) is 5.69 Å². The van der Waals surface area contributed by atoms with Crippen molar-refractivity contribution in [3.8, 4) is 11.5 Å². The molecule has 0 unspecified atom stereocenters. The minimum absolute atomic E-state index is 0.0180. The second-order valence-corrected chi connectivity index (χ2v) is 7.28. The maximum Gasteiger partial charge on any atom is 0.230 e. The van der Waals surface area contributed by atoms with Crippen LogP contribution in [0.2, 0.25) is 0 Å². The molecule has 3 rings (SSSR count). The van der Waals surface area contributed by atoms with Crippen LogP contribution in [0.5, 0.6) is 11.5 Å². The Morgan fingerprint density at radius 1 is 1.21 bits per heavy atom. The first-order valence-electron chi connectivity index (χ1n) is 10.1. The van der Waals surface area contributed by atoms with E-state index >= 15 is 0 Å². The van der Waals surface area contributed by atoms with Crippen LogP contribution in [0.25, 0.3) is 0 Å². The number of carbonyl (C=O) groups excluding carboxylic acids is 2. The fourth-order valence-electron chi connectivity index (χ4n) is 3.92. The third kappa shape index (κ3) is 4.53. The van der Waals surface area contributed by atoms with E-state index in [1.807, 2.05) is 29.2 Å². The van der Waals surface area contributed by atoms with E-state index in [9.17, 15) is 14.7 Å². The smallest absolute Gasteiger partial charge is 0.230 e. The average Bonchev–Trinajstić information content (AvgIpc) is 2.74. The lowest BCUT2D eigenvalue weighted by molar-refractivity contribution is -0.142. The van der Waals surface area contributed by atoms with Gasteiger partial charge < -0.3 is 20.1 Å². The Hall–Kier alpha value is -3.02. The topological polar surface area (TPSA) is 78.9 Å². The van der Waals surface area contributed by atoms with Crippen LogP contribution in [0.1, 0.15) is 44.2 Å². The van der Waals surface area contributed by atoms with Gasteiger partial charge in [0.25, 0.3) is 0 Å². The number of phenols is 1. The molecule has 2 aromatic rings. The zero-order chi connectivity index (χ0) is 20.8. The highest BCUT2D eigenvalue weighted by Gasteiger charge is 2.41. The molecule has 2 aromatic carbocycles. The van der Waals surface area contributed by atoms with E-state index < -0.39 is 12.0 Å². The van der Waals surface area contributed by atoms with E-state index in [0.717, 1.165) is 18.4 Å². The molecule has 2 atom stereocenters. The highest BCUT2D eigenvalue weighted by atomic mass is 16.5. The maximum atomic E-state index is 13.2.